The van der Waals surface area contributed by atoms with Gasteiger partial charge in [0.1, 0.15) is 0 Å². The van der Waals surface area contributed by atoms with Crippen LogP contribution < -0.4 is 5.32 Å². The molecule has 2 rings (SSSR count). The van der Waals surface area contributed by atoms with Crippen LogP contribution >= 0.6 is 0 Å². The Morgan fingerprint density at radius 2 is 1.88 bits per heavy atom. The minimum absolute atomic E-state index is 0.708. The predicted molar refractivity (Wildman–Crippen MR) is 74.2 cm³/mol. The SMILES string of the molecule is CCC1CCNC(CN(CC2CC2)C(C)C)C1. The molecule has 2 unspecified atom stereocenters. The molecule has 2 heteroatoms. The molecule has 2 atom stereocenters. The molecule has 2 fully saturated rings. The molecule has 100 valence electrons. The Labute approximate surface area is 107 Å². The first kappa shape index (κ1) is 13.4. The maximum atomic E-state index is 3.72. The standard InChI is InChI=1S/C15H30N2/c1-4-13-7-8-16-15(9-13)11-17(12(2)3)10-14-5-6-14/h12-16H,4-11H2,1-3H3. The lowest BCUT2D eigenvalue weighted by Crippen LogP contribution is -2.48. The third-order valence-electron chi connectivity index (χ3n) is 4.56. The Balaban J connectivity index is 1.79. The van der Waals surface area contributed by atoms with Crippen LogP contribution in [0.4, 0.5) is 0 Å². The number of hydrogen-bond donors (Lipinski definition) is 1. The van der Waals surface area contributed by atoms with E-state index in [-0.39, 0.29) is 0 Å². The molecule has 0 aromatic carbocycles. The fourth-order valence-corrected chi connectivity index (χ4v) is 3.02. The second-order valence-electron chi connectivity index (χ2n) is 6.44. The lowest BCUT2D eigenvalue weighted by molar-refractivity contribution is 0.163. The maximum absolute atomic E-state index is 3.72. The number of nitrogens with one attached hydrogen (secondary N) is 1. The normalized spacial score (nSPS) is 30.2. The van der Waals surface area contributed by atoms with E-state index in [9.17, 15) is 0 Å². The zero-order valence-corrected chi connectivity index (χ0v) is 11.9. The van der Waals surface area contributed by atoms with E-state index in [1.165, 1.54) is 51.7 Å². The van der Waals surface area contributed by atoms with Crippen molar-refractivity contribution in [3.8, 4) is 0 Å². The molecule has 1 aliphatic heterocycles. The summed E-state index contributed by atoms with van der Waals surface area (Å²) in [7, 11) is 0. The molecular weight excluding hydrogens is 208 g/mol. The molecule has 0 amide bonds. The minimum Gasteiger partial charge on any atom is -0.313 e. The fraction of sp³-hybridized carbons (Fsp3) is 1.00. The highest BCUT2D eigenvalue weighted by Gasteiger charge is 2.28. The molecule has 0 aromatic heterocycles. The first-order valence-corrected chi connectivity index (χ1v) is 7.66. The van der Waals surface area contributed by atoms with E-state index in [4.69, 9.17) is 0 Å². The smallest absolute Gasteiger partial charge is 0.0197 e. The van der Waals surface area contributed by atoms with Crippen molar-refractivity contribution in [1.82, 2.24) is 10.2 Å². The van der Waals surface area contributed by atoms with E-state index in [2.05, 4.69) is 31.0 Å². The minimum atomic E-state index is 0.708. The van der Waals surface area contributed by atoms with Gasteiger partial charge in [0, 0.05) is 25.2 Å². The van der Waals surface area contributed by atoms with Crippen LogP contribution in [0.25, 0.3) is 0 Å². The van der Waals surface area contributed by atoms with Gasteiger partial charge in [-0.3, -0.25) is 4.90 Å². The Morgan fingerprint density at radius 1 is 1.12 bits per heavy atom. The average molecular weight is 238 g/mol. The van der Waals surface area contributed by atoms with Crippen molar-refractivity contribution in [3.05, 3.63) is 0 Å². The van der Waals surface area contributed by atoms with Crippen LogP contribution in [0, 0.1) is 11.8 Å². The van der Waals surface area contributed by atoms with Crippen molar-refractivity contribution < 1.29 is 0 Å². The summed E-state index contributed by atoms with van der Waals surface area (Å²) in [4.78, 5) is 2.70. The van der Waals surface area contributed by atoms with Gasteiger partial charge in [0.15, 0.2) is 0 Å². The number of rotatable bonds is 6. The number of piperidine rings is 1. The van der Waals surface area contributed by atoms with Crippen molar-refractivity contribution in [3.63, 3.8) is 0 Å². The highest BCUT2D eigenvalue weighted by molar-refractivity contribution is 4.84. The quantitative estimate of drug-likeness (QED) is 0.765. The second kappa shape index (κ2) is 6.19. The van der Waals surface area contributed by atoms with Gasteiger partial charge < -0.3 is 5.32 Å². The summed E-state index contributed by atoms with van der Waals surface area (Å²) in [5.74, 6) is 1.99. The third kappa shape index (κ3) is 4.26. The molecule has 1 heterocycles. The molecule has 2 nitrogen and oxygen atoms in total. The molecule has 17 heavy (non-hydrogen) atoms. The van der Waals surface area contributed by atoms with Crippen LogP contribution in [-0.2, 0) is 0 Å². The first-order valence-electron chi connectivity index (χ1n) is 7.66. The average Bonchev–Trinajstić information content (AvgIpc) is 3.12. The Kier molecular flexibility index (Phi) is 4.87. The van der Waals surface area contributed by atoms with Gasteiger partial charge in [-0.05, 0) is 57.9 Å². The first-order chi connectivity index (χ1) is 8.19. The fourth-order valence-electron chi connectivity index (χ4n) is 3.02. The molecule has 0 spiro atoms. The van der Waals surface area contributed by atoms with Crippen molar-refractivity contribution in [2.24, 2.45) is 11.8 Å². The zero-order chi connectivity index (χ0) is 12.3. The van der Waals surface area contributed by atoms with Crippen molar-refractivity contribution >= 4 is 0 Å². The van der Waals surface area contributed by atoms with Crippen LogP contribution in [0.1, 0.15) is 52.9 Å². The van der Waals surface area contributed by atoms with Gasteiger partial charge in [-0.1, -0.05) is 13.3 Å². The van der Waals surface area contributed by atoms with Gasteiger partial charge in [-0.25, -0.2) is 0 Å². The number of hydrogen-bond acceptors (Lipinski definition) is 2. The molecule has 0 radical (unpaired) electrons. The van der Waals surface area contributed by atoms with E-state index in [0.29, 0.717) is 6.04 Å². The molecule has 1 aliphatic carbocycles. The van der Waals surface area contributed by atoms with Gasteiger partial charge in [0.25, 0.3) is 0 Å². The van der Waals surface area contributed by atoms with Crippen LogP contribution in [0.2, 0.25) is 0 Å². The van der Waals surface area contributed by atoms with Gasteiger partial charge in [-0.2, -0.15) is 0 Å². The Bertz CT molecular complexity index is 223. The van der Waals surface area contributed by atoms with Gasteiger partial charge in [-0.15, -0.1) is 0 Å². The highest BCUT2D eigenvalue weighted by atomic mass is 15.2. The Morgan fingerprint density at radius 3 is 2.47 bits per heavy atom. The second-order valence-corrected chi connectivity index (χ2v) is 6.44. The van der Waals surface area contributed by atoms with Crippen LogP contribution in [0.15, 0.2) is 0 Å². The van der Waals surface area contributed by atoms with Crippen LogP contribution in [-0.4, -0.2) is 36.6 Å². The predicted octanol–water partition coefficient (Wildman–Crippen LogP) is 2.89. The van der Waals surface area contributed by atoms with E-state index < -0.39 is 0 Å². The molecule has 1 N–H and O–H groups in total. The molecule has 2 aliphatic rings. The summed E-state index contributed by atoms with van der Waals surface area (Å²) in [6, 6.07) is 1.45. The number of nitrogens with zero attached hydrogens (tertiary/aromatic N) is 1. The highest BCUT2D eigenvalue weighted by Crippen LogP contribution is 2.30. The summed E-state index contributed by atoms with van der Waals surface area (Å²) < 4.78 is 0. The molecule has 1 saturated carbocycles. The molecule has 0 aromatic rings. The summed E-state index contributed by atoms with van der Waals surface area (Å²) >= 11 is 0. The topological polar surface area (TPSA) is 15.3 Å². The van der Waals surface area contributed by atoms with Crippen LogP contribution in [0.5, 0.6) is 0 Å². The van der Waals surface area contributed by atoms with Crippen molar-refractivity contribution in [2.75, 3.05) is 19.6 Å². The molecule has 0 bridgehead atoms. The van der Waals surface area contributed by atoms with Gasteiger partial charge >= 0.3 is 0 Å². The summed E-state index contributed by atoms with van der Waals surface area (Å²) in [6.07, 6.45) is 7.09. The van der Waals surface area contributed by atoms with E-state index in [1.807, 2.05) is 0 Å². The van der Waals surface area contributed by atoms with Gasteiger partial charge in [0.2, 0.25) is 0 Å². The lowest BCUT2D eigenvalue weighted by Gasteiger charge is -2.35. The maximum Gasteiger partial charge on any atom is 0.0197 e. The van der Waals surface area contributed by atoms with Crippen molar-refractivity contribution in [1.29, 1.82) is 0 Å². The van der Waals surface area contributed by atoms with Gasteiger partial charge in [0.05, 0.1) is 0 Å². The molecule has 1 saturated heterocycles. The van der Waals surface area contributed by atoms with E-state index in [0.717, 1.165) is 17.9 Å². The largest absolute Gasteiger partial charge is 0.313 e. The molecular formula is C15H30N2. The third-order valence-corrected chi connectivity index (χ3v) is 4.56. The van der Waals surface area contributed by atoms with E-state index >= 15 is 0 Å². The van der Waals surface area contributed by atoms with E-state index in [1.54, 1.807) is 0 Å². The lowest BCUT2D eigenvalue weighted by atomic mass is 9.90. The monoisotopic (exact) mass is 238 g/mol. The summed E-state index contributed by atoms with van der Waals surface area (Å²) in [5, 5.41) is 3.72. The summed E-state index contributed by atoms with van der Waals surface area (Å²) in [5.41, 5.74) is 0. The van der Waals surface area contributed by atoms with Crippen molar-refractivity contribution in [2.45, 2.75) is 65.0 Å². The zero-order valence-electron chi connectivity index (χ0n) is 11.9. The summed E-state index contributed by atoms with van der Waals surface area (Å²) in [6.45, 7) is 10.9. The van der Waals surface area contributed by atoms with Crippen LogP contribution in [0.3, 0.4) is 0 Å². The Hall–Kier alpha value is -0.0800.